The zero-order valence-electron chi connectivity index (χ0n) is 20.1. The van der Waals surface area contributed by atoms with Crippen molar-refractivity contribution in [3.63, 3.8) is 0 Å². The largest absolute Gasteiger partial charge is 0.465 e. The fourth-order valence-corrected chi connectivity index (χ4v) is 7.58. The minimum Gasteiger partial charge on any atom is -0.465 e. The molecule has 186 valence electrons. The Balaban J connectivity index is 1.93. The zero-order chi connectivity index (χ0) is 25.8. The van der Waals surface area contributed by atoms with Crippen molar-refractivity contribution >= 4 is 46.6 Å². The molecule has 2 N–H and O–H groups in total. The van der Waals surface area contributed by atoms with Gasteiger partial charge in [0.05, 0.1) is 30.3 Å². The van der Waals surface area contributed by atoms with Gasteiger partial charge in [0, 0.05) is 13.5 Å². The number of esters is 2. The molecule has 2 aromatic carbocycles. The van der Waals surface area contributed by atoms with E-state index in [0.717, 1.165) is 16.8 Å². The predicted octanol–water partition coefficient (Wildman–Crippen LogP) is 3.14. The Kier molecular flexibility index (Phi) is 7.81. The number of carbonyl (C=O) groups is 2. The summed E-state index contributed by atoms with van der Waals surface area (Å²) in [7, 11) is -4.07. The lowest BCUT2D eigenvalue weighted by Gasteiger charge is -2.15. The van der Waals surface area contributed by atoms with E-state index >= 15 is 0 Å². The second-order valence-corrected chi connectivity index (χ2v) is 16.8. The SMILES string of the molecule is COC(=O)C(C(=O)OCc1ccccc1)=C(N)c1ccc2c(cnn2S(=O)(=O)CC[Si](C)(C)C)c1. The van der Waals surface area contributed by atoms with Gasteiger partial charge in [-0.25, -0.2) is 18.0 Å². The maximum atomic E-state index is 12.9. The van der Waals surface area contributed by atoms with Crippen LogP contribution in [-0.4, -0.2) is 50.5 Å². The van der Waals surface area contributed by atoms with Gasteiger partial charge in [-0.05, 0) is 29.3 Å². The Bertz CT molecular complexity index is 1380. The number of aromatic nitrogens is 2. The van der Waals surface area contributed by atoms with Crippen LogP contribution in [0.5, 0.6) is 0 Å². The van der Waals surface area contributed by atoms with E-state index in [4.69, 9.17) is 15.2 Å². The van der Waals surface area contributed by atoms with E-state index in [-0.39, 0.29) is 18.1 Å². The Labute approximate surface area is 205 Å². The topological polar surface area (TPSA) is 131 Å². The Morgan fingerprint density at radius 2 is 1.74 bits per heavy atom. The first-order valence-electron chi connectivity index (χ1n) is 10.9. The normalized spacial score (nSPS) is 12.8. The molecule has 0 saturated heterocycles. The number of ether oxygens (including phenoxy) is 2. The monoisotopic (exact) mass is 515 g/mol. The van der Waals surface area contributed by atoms with Crippen LogP contribution in [0.1, 0.15) is 11.1 Å². The summed E-state index contributed by atoms with van der Waals surface area (Å²) in [6.07, 6.45) is 1.41. The second kappa shape index (κ2) is 10.4. The van der Waals surface area contributed by atoms with Crippen LogP contribution < -0.4 is 5.73 Å². The molecule has 1 heterocycles. The van der Waals surface area contributed by atoms with Crippen LogP contribution in [0.15, 0.2) is 60.3 Å². The third kappa shape index (κ3) is 6.37. The number of hydrogen-bond donors (Lipinski definition) is 1. The van der Waals surface area contributed by atoms with E-state index in [1.807, 2.05) is 6.07 Å². The molecule has 0 fully saturated rings. The van der Waals surface area contributed by atoms with Crippen molar-refractivity contribution in [1.82, 2.24) is 9.19 Å². The minimum absolute atomic E-state index is 0.00301. The van der Waals surface area contributed by atoms with Crippen molar-refractivity contribution in [1.29, 1.82) is 0 Å². The van der Waals surface area contributed by atoms with E-state index in [0.29, 0.717) is 22.5 Å². The van der Waals surface area contributed by atoms with Crippen LogP contribution >= 0.6 is 0 Å². The van der Waals surface area contributed by atoms with Crippen molar-refractivity contribution in [3.8, 4) is 0 Å². The van der Waals surface area contributed by atoms with Gasteiger partial charge in [-0.3, -0.25) is 0 Å². The third-order valence-corrected chi connectivity index (χ3v) is 8.95. The summed E-state index contributed by atoms with van der Waals surface area (Å²) in [6.45, 7) is 6.27. The third-order valence-electron chi connectivity index (χ3n) is 5.30. The number of rotatable bonds is 9. The highest BCUT2D eigenvalue weighted by Crippen LogP contribution is 2.24. The van der Waals surface area contributed by atoms with Crippen molar-refractivity contribution in [2.24, 2.45) is 5.73 Å². The summed E-state index contributed by atoms with van der Waals surface area (Å²) >= 11 is 0. The fraction of sp³-hybridized carbons (Fsp3) is 0.292. The van der Waals surface area contributed by atoms with E-state index in [2.05, 4.69) is 24.7 Å². The van der Waals surface area contributed by atoms with Crippen molar-refractivity contribution in [3.05, 3.63) is 71.4 Å². The van der Waals surface area contributed by atoms with Crippen molar-refractivity contribution in [2.45, 2.75) is 32.3 Å². The lowest BCUT2D eigenvalue weighted by molar-refractivity contribution is -0.146. The number of carbonyl (C=O) groups excluding carboxylic acids is 2. The standard InChI is InChI=1S/C24H29N3O6SSi/c1-32-23(28)21(24(29)33-16-17-8-6-5-7-9-17)22(25)18-10-11-20-19(14-18)15-26-27(20)34(30,31)12-13-35(2,3)4/h5-11,14-15H,12-13,16,25H2,1-4H3. The van der Waals surface area contributed by atoms with Gasteiger partial charge in [-0.2, -0.15) is 9.19 Å². The first-order valence-corrected chi connectivity index (χ1v) is 16.2. The average Bonchev–Trinajstić information content (AvgIpc) is 3.26. The molecule has 0 aliphatic rings. The fourth-order valence-electron chi connectivity index (χ4n) is 3.26. The average molecular weight is 516 g/mol. The molecule has 35 heavy (non-hydrogen) atoms. The number of methoxy groups -OCH3 is 1. The highest BCUT2D eigenvalue weighted by atomic mass is 32.2. The van der Waals surface area contributed by atoms with Gasteiger partial charge in [0.15, 0.2) is 5.57 Å². The van der Waals surface area contributed by atoms with E-state index in [1.165, 1.54) is 12.3 Å². The molecule has 11 heteroatoms. The lowest BCUT2D eigenvalue weighted by Crippen LogP contribution is -2.27. The molecule has 9 nitrogen and oxygen atoms in total. The maximum absolute atomic E-state index is 12.9. The smallest absolute Gasteiger partial charge is 0.348 e. The molecule has 0 saturated carbocycles. The van der Waals surface area contributed by atoms with Gasteiger partial charge in [-0.15, -0.1) is 0 Å². The van der Waals surface area contributed by atoms with Crippen LogP contribution in [0.25, 0.3) is 16.6 Å². The van der Waals surface area contributed by atoms with Crippen LogP contribution in [0.4, 0.5) is 0 Å². The second-order valence-electron chi connectivity index (χ2n) is 9.23. The van der Waals surface area contributed by atoms with E-state index in [9.17, 15) is 18.0 Å². The molecule has 0 unspecified atom stereocenters. The maximum Gasteiger partial charge on any atom is 0.348 e. The number of benzene rings is 2. The van der Waals surface area contributed by atoms with Crippen LogP contribution in [0, 0.1) is 0 Å². The summed E-state index contributed by atoms with van der Waals surface area (Å²) in [5.74, 6) is -1.86. The number of nitrogens with zero attached hydrogens (tertiary/aromatic N) is 2. The summed E-state index contributed by atoms with van der Waals surface area (Å²) < 4.78 is 36.7. The van der Waals surface area contributed by atoms with Gasteiger partial charge in [-0.1, -0.05) is 56.0 Å². The van der Waals surface area contributed by atoms with Gasteiger partial charge >= 0.3 is 11.9 Å². The molecule has 0 atom stereocenters. The first kappa shape index (κ1) is 26.2. The Morgan fingerprint density at radius 3 is 2.37 bits per heavy atom. The molecule has 0 spiro atoms. The van der Waals surface area contributed by atoms with Gasteiger partial charge in [0.1, 0.15) is 6.61 Å². The Hall–Kier alpha value is -3.44. The zero-order valence-corrected chi connectivity index (χ0v) is 22.0. The molecule has 0 aliphatic carbocycles. The van der Waals surface area contributed by atoms with Gasteiger partial charge in [0.2, 0.25) is 0 Å². The minimum atomic E-state index is -3.64. The number of fused-ring (bicyclic) bond motifs is 1. The highest BCUT2D eigenvalue weighted by molar-refractivity contribution is 7.90. The van der Waals surface area contributed by atoms with Crippen LogP contribution in [-0.2, 0) is 35.7 Å². The summed E-state index contributed by atoms with van der Waals surface area (Å²) in [4.78, 5) is 25.1. The van der Waals surface area contributed by atoms with Gasteiger partial charge in [0.25, 0.3) is 10.0 Å². The van der Waals surface area contributed by atoms with E-state index in [1.54, 1.807) is 36.4 Å². The lowest BCUT2D eigenvalue weighted by atomic mass is 10.1. The molecule has 3 rings (SSSR count). The molecule has 0 bridgehead atoms. The summed E-state index contributed by atoms with van der Waals surface area (Å²) in [5.41, 5.74) is 7.06. The summed E-state index contributed by atoms with van der Waals surface area (Å²) in [6, 6.07) is 14.2. The number of hydrogen-bond acceptors (Lipinski definition) is 8. The summed E-state index contributed by atoms with van der Waals surface area (Å²) in [5, 5.41) is 4.56. The molecule has 0 amide bonds. The van der Waals surface area contributed by atoms with Crippen LogP contribution in [0.3, 0.4) is 0 Å². The van der Waals surface area contributed by atoms with Crippen molar-refractivity contribution < 1.29 is 27.5 Å². The molecule has 0 aliphatic heterocycles. The predicted molar refractivity (Wildman–Crippen MR) is 136 cm³/mol. The Morgan fingerprint density at radius 1 is 1.06 bits per heavy atom. The molecule has 0 radical (unpaired) electrons. The van der Waals surface area contributed by atoms with Gasteiger partial charge < -0.3 is 15.2 Å². The quantitative estimate of drug-likeness (QED) is 0.151. The first-order chi connectivity index (χ1) is 16.4. The molecular formula is C24H29N3O6SSi. The van der Waals surface area contributed by atoms with Crippen LogP contribution in [0.2, 0.25) is 25.7 Å². The molecular weight excluding hydrogens is 486 g/mol. The van der Waals surface area contributed by atoms with Crippen molar-refractivity contribution in [2.75, 3.05) is 12.9 Å². The molecule has 3 aromatic rings. The molecule has 1 aromatic heterocycles. The number of nitrogens with two attached hydrogens (primary N) is 1. The van der Waals surface area contributed by atoms with E-state index < -0.39 is 35.6 Å². The highest BCUT2D eigenvalue weighted by Gasteiger charge is 2.27.